The van der Waals surface area contributed by atoms with Crippen molar-refractivity contribution in [2.75, 3.05) is 18.5 Å². The maximum Gasteiger partial charge on any atom is 0.226 e. The lowest BCUT2D eigenvalue weighted by molar-refractivity contribution is -0.129. The van der Waals surface area contributed by atoms with E-state index in [2.05, 4.69) is 5.32 Å². The first-order chi connectivity index (χ1) is 14.0. The van der Waals surface area contributed by atoms with E-state index in [1.807, 2.05) is 50.3 Å². The summed E-state index contributed by atoms with van der Waals surface area (Å²) in [6, 6.07) is 12.8. The standard InChI is InChI=1S/C23H26N2O4/c1-4-28-18-10-11-22(29-5-2)20(14-18)24-23(27)15-21-19-9-7-6-8-17(19)12-13-25(21)16(3)26/h6-14,21H,4-5,15H2,1-3H3,(H,24,27)/t21-/m0/s1. The van der Waals surface area contributed by atoms with Gasteiger partial charge in [0.05, 0.1) is 31.4 Å². The predicted molar refractivity (Wildman–Crippen MR) is 113 cm³/mol. The quantitative estimate of drug-likeness (QED) is 0.756. The summed E-state index contributed by atoms with van der Waals surface area (Å²) in [5.74, 6) is 0.919. The number of hydrogen-bond donors (Lipinski definition) is 1. The van der Waals surface area contributed by atoms with Crippen LogP contribution in [0.15, 0.2) is 48.7 Å². The number of anilines is 1. The average Bonchev–Trinajstić information content (AvgIpc) is 2.70. The van der Waals surface area contributed by atoms with Crippen molar-refractivity contribution in [3.05, 3.63) is 59.8 Å². The minimum absolute atomic E-state index is 0.109. The van der Waals surface area contributed by atoms with Gasteiger partial charge in [0.15, 0.2) is 0 Å². The van der Waals surface area contributed by atoms with Crippen molar-refractivity contribution in [3.63, 3.8) is 0 Å². The Hall–Kier alpha value is -3.28. The Kier molecular flexibility index (Phi) is 6.54. The van der Waals surface area contributed by atoms with Crippen molar-refractivity contribution in [3.8, 4) is 11.5 Å². The first kappa shape index (κ1) is 20.5. The van der Waals surface area contributed by atoms with E-state index < -0.39 is 0 Å². The van der Waals surface area contributed by atoms with Gasteiger partial charge in [-0.05, 0) is 43.2 Å². The van der Waals surface area contributed by atoms with Crippen LogP contribution in [-0.4, -0.2) is 29.9 Å². The molecule has 0 bridgehead atoms. The molecule has 0 unspecified atom stereocenters. The topological polar surface area (TPSA) is 67.9 Å². The molecule has 0 radical (unpaired) electrons. The van der Waals surface area contributed by atoms with Gasteiger partial charge in [0.1, 0.15) is 11.5 Å². The Morgan fingerprint density at radius 2 is 1.83 bits per heavy atom. The summed E-state index contributed by atoms with van der Waals surface area (Å²) in [4.78, 5) is 26.6. The normalized spacial score (nSPS) is 14.9. The zero-order valence-electron chi connectivity index (χ0n) is 17.0. The number of ether oxygens (including phenoxy) is 2. The van der Waals surface area contributed by atoms with Crippen LogP contribution < -0.4 is 14.8 Å². The summed E-state index contributed by atoms with van der Waals surface area (Å²) in [6.45, 7) is 6.30. The fraction of sp³-hybridized carbons (Fsp3) is 0.304. The minimum Gasteiger partial charge on any atom is -0.494 e. The molecule has 29 heavy (non-hydrogen) atoms. The van der Waals surface area contributed by atoms with Gasteiger partial charge in [-0.2, -0.15) is 0 Å². The number of rotatable bonds is 7. The lowest BCUT2D eigenvalue weighted by Crippen LogP contribution is -2.33. The molecule has 0 saturated carbocycles. The van der Waals surface area contributed by atoms with Crippen molar-refractivity contribution in [2.45, 2.75) is 33.2 Å². The largest absolute Gasteiger partial charge is 0.494 e. The number of nitrogens with zero attached hydrogens (tertiary/aromatic N) is 1. The number of carbonyl (C=O) groups excluding carboxylic acids is 2. The van der Waals surface area contributed by atoms with E-state index in [0.717, 1.165) is 11.1 Å². The second-order valence-electron chi connectivity index (χ2n) is 6.66. The van der Waals surface area contributed by atoms with Crippen molar-refractivity contribution in [1.29, 1.82) is 0 Å². The molecule has 6 nitrogen and oxygen atoms in total. The zero-order valence-corrected chi connectivity index (χ0v) is 17.0. The molecule has 1 atom stereocenters. The smallest absolute Gasteiger partial charge is 0.226 e. The second-order valence-corrected chi connectivity index (χ2v) is 6.66. The zero-order chi connectivity index (χ0) is 20.8. The Labute approximate surface area is 171 Å². The first-order valence-electron chi connectivity index (χ1n) is 9.79. The van der Waals surface area contributed by atoms with E-state index in [1.165, 1.54) is 6.92 Å². The Morgan fingerprint density at radius 1 is 1.07 bits per heavy atom. The van der Waals surface area contributed by atoms with E-state index in [1.54, 1.807) is 23.2 Å². The number of carbonyl (C=O) groups is 2. The molecular weight excluding hydrogens is 368 g/mol. The van der Waals surface area contributed by atoms with Gasteiger partial charge in [-0.3, -0.25) is 9.59 Å². The first-order valence-corrected chi connectivity index (χ1v) is 9.79. The van der Waals surface area contributed by atoms with Gasteiger partial charge in [0.2, 0.25) is 11.8 Å². The van der Waals surface area contributed by atoms with E-state index >= 15 is 0 Å². The highest BCUT2D eigenvalue weighted by Gasteiger charge is 2.28. The van der Waals surface area contributed by atoms with Gasteiger partial charge in [0.25, 0.3) is 0 Å². The van der Waals surface area contributed by atoms with Crippen LogP contribution in [0, 0.1) is 0 Å². The molecule has 152 valence electrons. The third-order valence-corrected chi connectivity index (χ3v) is 4.68. The Balaban J connectivity index is 1.83. The highest BCUT2D eigenvalue weighted by molar-refractivity contribution is 5.93. The maximum absolute atomic E-state index is 12.9. The predicted octanol–water partition coefficient (Wildman–Crippen LogP) is 4.39. The van der Waals surface area contributed by atoms with Crippen molar-refractivity contribution in [1.82, 2.24) is 4.90 Å². The molecule has 0 aliphatic carbocycles. The summed E-state index contributed by atoms with van der Waals surface area (Å²) in [5.41, 5.74) is 2.52. The number of hydrogen-bond acceptors (Lipinski definition) is 4. The maximum atomic E-state index is 12.9. The molecular formula is C23H26N2O4. The van der Waals surface area contributed by atoms with Crippen molar-refractivity contribution >= 4 is 23.6 Å². The van der Waals surface area contributed by atoms with Crippen LogP contribution in [0.5, 0.6) is 11.5 Å². The summed E-state index contributed by atoms with van der Waals surface area (Å²) in [6.07, 6.45) is 3.76. The van der Waals surface area contributed by atoms with Crippen molar-refractivity contribution in [2.24, 2.45) is 0 Å². The van der Waals surface area contributed by atoms with Crippen LogP contribution in [0.1, 0.15) is 44.4 Å². The molecule has 0 aromatic heterocycles. The van der Waals surface area contributed by atoms with Gasteiger partial charge in [0, 0.05) is 19.2 Å². The van der Waals surface area contributed by atoms with E-state index in [9.17, 15) is 9.59 Å². The summed E-state index contributed by atoms with van der Waals surface area (Å²) in [5, 5.41) is 2.93. The monoisotopic (exact) mass is 394 g/mol. The highest BCUT2D eigenvalue weighted by Crippen LogP contribution is 2.34. The molecule has 1 heterocycles. The number of benzene rings is 2. The average molecular weight is 394 g/mol. The number of fused-ring (bicyclic) bond motifs is 1. The SMILES string of the molecule is CCOc1ccc(OCC)c(NC(=O)C[C@H]2c3ccccc3C=CN2C(C)=O)c1. The lowest BCUT2D eigenvalue weighted by atomic mass is 9.93. The van der Waals surface area contributed by atoms with Gasteiger partial charge in [-0.25, -0.2) is 0 Å². The minimum atomic E-state index is -0.362. The van der Waals surface area contributed by atoms with E-state index in [-0.39, 0.29) is 24.3 Å². The van der Waals surface area contributed by atoms with Crippen LogP contribution in [0.3, 0.4) is 0 Å². The molecule has 1 N–H and O–H groups in total. The van der Waals surface area contributed by atoms with Gasteiger partial charge in [-0.15, -0.1) is 0 Å². The molecule has 0 saturated heterocycles. The summed E-state index contributed by atoms with van der Waals surface area (Å²) >= 11 is 0. The number of amides is 2. The Morgan fingerprint density at radius 3 is 2.55 bits per heavy atom. The fourth-order valence-corrected chi connectivity index (χ4v) is 3.43. The van der Waals surface area contributed by atoms with Crippen LogP contribution in [0.4, 0.5) is 5.69 Å². The molecule has 2 aromatic carbocycles. The third-order valence-electron chi connectivity index (χ3n) is 4.68. The molecule has 3 rings (SSSR count). The van der Waals surface area contributed by atoms with Gasteiger partial charge >= 0.3 is 0 Å². The second kappa shape index (κ2) is 9.28. The third kappa shape index (κ3) is 4.77. The van der Waals surface area contributed by atoms with Crippen molar-refractivity contribution < 1.29 is 19.1 Å². The van der Waals surface area contributed by atoms with E-state index in [4.69, 9.17) is 9.47 Å². The lowest BCUT2D eigenvalue weighted by Gasteiger charge is -2.32. The fourth-order valence-electron chi connectivity index (χ4n) is 3.43. The highest BCUT2D eigenvalue weighted by atomic mass is 16.5. The van der Waals surface area contributed by atoms with Gasteiger partial charge in [-0.1, -0.05) is 24.3 Å². The van der Waals surface area contributed by atoms with Crippen LogP contribution in [0.25, 0.3) is 6.08 Å². The van der Waals surface area contributed by atoms with Crippen LogP contribution >= 0.6 is 0 Å². The van der Waals surface area contributed by atoms with Crippen LogP contribution in [0.2, 0.25) is 0 Å². The molecule has 0 spiro atoms. The van der Waals surface area contributed by atoms with Gasteiger partial charge < -0.3 is 19.7 Å². The molecule has 1 aliphatic heterocycles. The number of nitrogens with one attached hydrogen (secondary N) is 1. The molecule has 1 aliphatic rings. The summed E-state index contributed by atoms with van der Waals surface area (Å²) in [7, 11) is 0. The molecule has 0 fully saturated rings. The molecule has 2 amide bonds. The molecule has 6 heteroatoms. The van der Waals surface area contributed by atoms with E-state index in [0.29, 0.717) is 30.4 Å². The summed E-state index contributed by atoms with van der Waals surface area (Å²) < 4.78 is 11.2. The molecule has 2 aromatic rings. The Bertz CT molecular complexity index is 923. The van der Waals surface area contributed by atoms with Crippen LogP contribution in [-0.2, 0) is 9.59 Å².